The molecule has 1 aliphatic carbocycles. The maximum absolute atomic E-state index is 13.1. The van der Waals surface area contributed by atoms with E-state index in [4.69, 9.17) is 8.94 Å². The first kappa shape index (κ1) is 15.9. The van der Waals surface area contributed by atoms with E-state index in [1.165, 1.54) is 4.90 Å². The predicted octanol–water partition coefficient (Wildman–Crippen LogP) is 3.18. The Hall–Kier alpha value is -2.57. The largest absolute Gasteiger partial charge is 0.461 e. The van der Waals surface area contributed by atoms with Gasteiger partial charge >= 0.3 is 6.03 Å². The van der Waals surface area contributed by atoms with Crippen molar-refractivity contribution in [3.8, 4) is 11.5 Å². The molecular weight excluding hydrogens is 322 g/mol. The summed E-state index contributed by atoms with van der Waals surface area (Å²) in [5.74, 6) is 1.12. The van der Waals surface area contributed by atoms with E-state index < -0.39 is 5.54 Å². The summed E-state index contributed by atoms with van der Waals surface area (Å²) < 4.78 is 10.5. The van der Waals surface area contributed by atoms with E-state index in [1.807, 2.05) is 13.8 Å². The van der Waals surface area contributed by atoms with Crippen LogP contribution in [0.25, 0.3) is 11.5 Å². The average Bonchev–Trinajstić information content (AvgIpc) is 3.29. The molecule has 2 atom stereocenters. The van der Waals surface area contributed by atoms with Crippen LogP contribution in [0.4, 0.5) is 4.79 Å². The lowest BCUT2D eigenvalue weighted by Crippen LogP contribution is -2.58. The summed E-state index contributed by atoms with van der Waals surface area (Å²) in [4.78, 5) is 26.9. The SMILES string of the molecule is C[C@H]1CCC[C@H](C)C12NC(=O)N(Cc1cc(-c3ccco3)on1)C2=O. The molecule has 4 rings (SSSR count). The van der Waals surface area contributed by atoms with Gasteiger partial charge in [-0.05, 0) is 36.8 Å². The summed E-state index contributed by atoms with van der Waals surface area (Å²) in [7, 11) is 0. The molecule has 3 amide bonds. The Bertz CT molecular complexity index is 785. The molecule has 132 valence electrons. The fraction of sp³-hybridized carbons (Fsp3) is 0.500. The lowest BCUT2D eigenvalue weighted by molar-refractivity contribution is -0.137. The molecule has 2 aliphatic rings. The number of hydrogen-bond donors (Lipinski definition) is 1. The van der Waals surface area contributed by atoms with Gasteiger partial charge in [-0.2, -0.15) is 0 Å². The number of rotatable bonds is 3. The van der Waals surface area contributed by atoms with Crippen molar-refractivity contribution in [2.75, 3.05) is 0 Å². The third kappa shape index (κ3) is 2.37. The van der Waals surface area contributed by atoms with Crippen LogP contribution in [0.15, 0.2) is 33.4 Å². The van der Waals surface area contributed by atoms with E-state index in [2.05, 4.69) is 10.5 Å². The van der Waals surface area contributed by atoms with Crippen LogP contribution in [-0.4, -0.2) is 27.5 Å². The summed E-state index contributed by atoms with van der Waals surface area (Å²) in [6, 6.07) is 4.86. The van der Waals surface area contributed by atoms with Gasteiger partial charge in [-0.1, -0.05) is 25.4 Å². The maximum atomic E-state index is 13.1. The first-order valence-electron chi connectivity index (χ1n) is 8.66. The molecule has 0 unspecified atom stereocenters. The Balaban J connectivity index is 1.57. The van der Waals surface area contributed by atoms with Crippen LogP contribution in [0, 0.1) is 11.8 Å². The Morgan fingerprint density at radius 2 is 2.04 bits per heavy atom. The van der Waals surface area contributed by atoms with Crippen LogP contribution in [0.1, 0.15) is 38.8 Å². The van der Waals surface area contributed by atoms with Crippen LogP contribution in [0.5, 0.6) is 0 Å². The van der Waals surface area contributed by atoms with Gasteiger partial charge in [0.2, 0.25) is 5.76 Å². The second-order valence-electron chi connectivity index (χ2n) is 7.08. The normalized spacial score (nSPS) is 25.6. The fourth-order valence-corrected chi connectivity index (χ4v) is 4.18. The lowest BCUT2D eigenvalue weighted by atomic mass is 9.67. The second kappa shape index (κ2) is 5.75. The van der Waals surface area contributed by atoms with Gasteiger partial charge in [-0.15, -0.1) is 0 Å². The molecule has 0 radical (unpaired) electrons. The Morgan fingerprint density at radius 1 is 1.28 bits per heavy atom. The smallest absolute Gasteiger partial charge is 0.325 e. The zero-order valence-corrected chi connectivity index (χ0v) is 14.3. The first-order chi connectivity index (χ1) is 12.0. The number of hydrogen-bond acceptors (Lipinski definition) is 5. The molecule has 1 aliphatic heterocycles. The number of urea groups is 1. The molecule has 1 saturated heterocycles. The second-order valence-corrected chi connectivity index (χ2v) is 7.08. The number of nitrogens with one attached hydrogen (secondary N) is 1. The van der Waals surface area contributed by atoms with Gasteiger partial charge in [-0.3, -0.25) is 9.69 Å². The van der Waals surface area contributed by atoms with E-state index in [9.17, 15) is 9.59 Å². The molecule has 0 aromatic carbocycles. The Morgan fingerprint density at radius 3 is 2.72 bits per heavy atom. The van der Waals surface area contributed by atoms with Gasteiger partial charge in [0.1, 0.15) is 11.2 Å². The van der Waals surface area contributed by atoms with Gasteiger partial charge in [0.25, 0.3) is 5.91 Å². The fourth-order valence-electron chi connectivity index (χ4n) is 4.18. The average molecular weight is 343 g/mol. The molecule has 2 aromatic heterocycles. The highest BCUT2D eigenvalue weighted by molar-refractivity contribution is 6.07. The molecule has 1 saturated carbocycles. The third-order valence-electron chi connectivity index (χ3n) is 5.63. The zero-order chi connectivity index (χ0) is 17.6. The van der Waals surface area contributed by atoms with Crippen molar-refractivity contribution in [3.05, 3.63) is 30.2 Å². The van der Waals surface area contributed by atoms with Gasteiger partial charge in [0, 0.05) is 6.07 Å². The van der Waals surface area contributed by atoms with E-state index >= 15 is 0 Å². The number of nitrogens with zero attached hydrogens (tertiary/aromatic N) is 2. The lowest BCUT2D eigenvalue weighted by Gasteiger charge is -2.42. The summed E-state index contributed by atoms with van der Waals surface area (Å²) in [6.07, 6.45) is 4.52. The van der Waals surface area contributed by atoms with Crippen molar-refractivity contribution in [2.45, 2.75) is 45.2 Å². The number of carbonyl (C=O) groups excluding carboxylic acids is 2. The molecule has 1 spiro atoms. The summed E-state index contributed by atoms with van der Waals surface area (Å²) in [6.45, 7) is 4.18. The molecular formula is C18H21N3O4. The van der Waals surface area contributed by atoms with Crippen LogP contribution in [-0.2, 0) is 11.3 Å². The minimum atomic E-state index is -0.789. The van der Waals surface area contributed by atoms with Gasteiger partial charge in [-0.25, -0.2) is 4.79 Å². The quantitative estimate of drug-likeness (QED) is 0.865. The van der Waals surface area contributed by atoms with Crippen LogP contribution >= 0.6 is 0 Å². The maximum Gasteiger partial charge on any atom is 0.325 e. The highest BCUT2D eigenvalue weighted by atomic mass is 16.5. The van der Waals surface area contributed by atoms with Gasteiger partial charge in [0.05, 0.1) is 12.8 Å². The van der Waals surface area contributed by atoms with E-state index in [-0.39, 0.29) is 30.3 Å². The van der Waals surface area contributed by atoms with Crippen LogP contribution in [0.3, 0.4) is 0 Å². The van der Waals surface area contributed by atoms with Gasteiger partial charge in [0.15, 0.2) is 5.76 Å². The number of aromatic nitrogens is 1. The molecule has 2 fully saturated rings. The van der Waals surface area contributed by atoms with E-state index in [1.54, 1.807) is 24.5 Å². The van der Waals surface area contributed by atoms with Crippen molar-refractivity contribution in [1.29, 1.82) is 0 Å². The van der Waals surface area contributed by atoms with Crippen molar-refractivity contribution in [1.82, 2.24) is 15.4 Å². The molecule has 7 heteroatoms. The standard InChI is InChI=1S/C18H21N3O4/c1-11-5-3-6-12(2)18(11)16(22)21(17(23)19-18)10-13-9-15(25-20-13)14-7-4-8-24-14/h4,7-9,11-12H,3,5-6,10H2,1-2H3,(H,19,23)/t11-,12-/m0/s1. The number of furan rings is 1. The van der Waals surface area contributed by atoms with Crippen LogP contribution < -0.4 is 5.32 Å². The van der Waals surface area contributed by atoms with Crippen molar-refractivity contribution < 1.29 is 18.5 Å². The van der Waals surface area contributed by atoms with E-state index in [0.717, 1.165) is 19.3 Å². The molecule has 1 N–H and O–H groups in total. The number of imide groups is 1. The zero-order valence-electron chi connectivity index (χ0n) is 14.3. The minimum Gasteiger partial charge on any atom is -0.461 e. The highest BCUT2D eigenvalue weighted by Gasteiger charge is 2.58. The molecule has 25 heavy (non-hydrogen) atoms. The Kier molecular flexibility index (Phi) is 3.67. The van der Waals surface area contributed by atoms with Gasteiger partial charge < -0.3 is 14.3 Å². The van der Waals surface area contributed by atoms with Crippen molar-refractivity contribution >= 4 is 11.9 Å². The summed E-state index contributed by atoms with van der Waals surface area (Å²) in [5, 5.41) is 6.95. The minimum absolute atomic E-state index is 0.0933. The molecule has 3 heterocycles. The summed E-state index contributed by atoms with van der Waals surface area (Å²) >= 11 is 0. The molecule has 2 aromatic rings. The Labute approximate surface area is 145 Å². The monoisotopic (exact) mass is 343 g/mol. The third-order valence-corrected chi connectivity index (χ3v) is 5.63. The van der Waals surface area contributed by atoms with Crippen molar-refractivity contribution in [3.63, 3.8) is 0 Å². The first-order valence-corrected chi connectivity index (χ1v) is 8.66. The van der Waals surface area contributed by atoms with E-state index in [0.29, 0.717) is 17.2 Å². The molecule has 0 bridgehead atoms. The number of carbonyl (C=O) groups is 2. The predicted molar refractivity (Wildman–Crippen MR) is 88.2 cm³/mol. The topological polar surface area (TPSA) is 88.6 Å². The highest BCUT2D eigenvalue weighted by Crippen LogP contribution is 2.42. The summed E-state index contributed by atoms with van der Waals surface area (Å²) in [5.41, 5.74) is -0.272. The number of amides is 3. The van der Waals surface area contributed by atoms with Crippen LogP contribution in [0.2, 0.25) is 0 Å². The molecule has 7 nitrogen and oxygen atoms in total. The van der Waals surface area contributed by atoms with Crippen molar-refractivity contribution in [2.24, 2.45) is 11.8 Å².